The smallest absolute Gasteiger partial charge is 0.409 e. The molecule has 0 unspecified atom stereocenters. The number of hydrogen-bond donors (Lipinski definition) is 2. The van der Waals surface area contributed by atoms with Gasteiger partial charge in [-0.05, 0) is 12.8 Å². The van der Waals surface area contributed by atoms with Gasteiger partial charge in [0.1, 0.15) is 0 Å². The average Bonchev–Trinajstić information content (AvgIpc) is 2.26. The van der Waals surface area contributed by atoms with Crippen LogP contribution in [0.4, 0.5) is 4.79 Å². The molecule has 4 N–H and O–H groups in total. The highest BCUT2D eigenvalue weighted by Gasteiger charge is 2.11. The van der Waals surface area contributed by atoms with E-state index in [0.717, 1.165) is 19.3 Å². The molecule has 0 aromatic heterocycles. The fourth-order valence-electron chi connectivity index (χ4n) is 1.24. The number of carbonyl (C=O) groups excluding carboxylic acids is 1. The molecule has 16 heavy (non-hydrogen) atoms. The Kier molecular flexibility index (Phi) is 8.01. The summed E-state index contributed by atoms with van der Waals surface area (Å²) in [4.78, 5) is 16.9. The number of guanidine groups is 1. The Balaban J connectivity index is 3.91. The summed E-state index contributed by atoms with van der Waals surface area (Å²) in [5.41, 5.74) is 10.4. The number of nitrogens with zero attached hydrogens (tertiary/aromatic N) is 2. The highest BCUT2D eigenvalue weighted by Crippen LogP contribution is 1.99. The molecule has 0 radical (unpaired) electrons. The molecule has 0 spiro atoms. The third kappa shape index (κ3) is 6.92. The Hall–Kier alpha value is -1.46. The van der Waals surface area contributed by atoms with Crippen LogP contribution >= 0.6 is 0 Å². The van der Waals surface area contributed by atoms with Gasteiger partial charge in [0, 0.05) is 19.6 Å². The molecule has 0 saturated heterocycles. The lowest BCUT2D eigenvalue weighted by atomic mass is 10.3. The van der Waals surface area contributed by atoms with E-state index >= 15 is 0 Å². The van der Waals surface area contributed by atoms with Crippen molar-refractivity contribution in [2.24, 2.45) is 16.5 Å². The van der Waals surface area contributed by atoms with E-state index < -0.39 is 0 Å². The first-order valence-corrected chi connectivity index (χ1v) is 5.50. The normalized spacial score (nSPS) is 9.62. The van der Waals surface area contributed by atoms with E-state index in [2.05, 4.69) is 16.7 Å². The molecule has 0 aliphatic carbocycles. The van der Waals surface area contributed by atoms with Crippen LogP contribution in [-0.2, 0) is 4.74 Å². The second-order valence-electron chi connectivity index (χ2n) is 3.47. The standard InChI is InChI=1S/C10H22N4O2/c1-3-4-7-14(10(15)16-2)8-5-6-13-9(11)12/h3-8H2,1-2H3,(H4,11,12,13). The van der Waals surface area contributed by atoms with E-state index in [1.165, 1.54) is 7.11 Å². The third-order valence-electron chi connectivity index (χ3n) is 2.09. The zero-order chi connectivity index (χ0) is 12.4. The van der Waals surface area contributed by atoms with Gasteiger partial charge in [-0.25, -0.2) is 4.79 Å². The Bertz CT molecular complexity index is 227. The number of aliphatic imine (C=N–C) groups is 1. The maximum Gasteiger partial charge on any atom is 0.409 e. The second-order valence-corrected chi connectivity index (χ2v) is 3.47. The molecular weight excluding hydrogens is 208 g/mol. The van der Waals surface area contributed by atoms with Gasteiger partial charge in [-0.3, -0.25) is 4.99 Å². The molecule has 6 heteroatoms. The number of hydrogen-bond acceptors (Lipinski definition) is 3. The molecule has 0 aromatic rings. The predicted molar refractivity (Wildman–Crippen MR) is 64.2 cm³/mol. The largest absolute Gasteiger partial charge is 0.453 e. The van der Waals surface area contributed by atoms with E-state index in [0.29, 0.717) is 19.6 Å². The van der Waals surface area contributed by atoms with E-state index in [9.17, 15) is 4.79 Å². The van der Waals surface area contributed by atoms with Crippen molar-refractivity contribution in [2.45, 2.75) is 26.2 Å². The number of ether oxygens (including phenoxy) is 1. The fourth-order valence-corrected chi connectivity index (χ4v) is 1.24. The maximum atomic E-state index is 11.4. The first kappa shape index (κ1) is 14.5. The van der Waals surface area contributed by atoms with E-state index in [1.54, 1.807) is 4.90 Å². The quantitative estimate of drug-likeness (QED) is 0.379. The molecule has 0 rings (SSSR count). The maximum absolute atomic E-state index is 11.4. The molecule has 0 saturated carbocycles. The Morgan fingerprint density at radius 3 is 2.44 bits per heavy atom. The van der Waals surface area contributed by atoms with E-state index in [1.807, 2.05) is 0 Å². The number of unbranched alkanes of at least 4 members (excludes halogenated alkanes) is 1. The van der Waals surface area contributed by atoms with Gasteiger partial charge in [-0.2, -0.15) is 0 Å². The lowest BCUT2D eigenvalue weighted by molar-refractivity contribution is 0.122. The number of carbonyl (C=O) groups is 1. The summed E-state index contributed by atoms with van der Waals surface area (Å²) in [7, 11) is 1.39. The van der Waals surface area contributed by atoms with Gasteiger partial charge in [0.2, 0.25) is 0 Å². The minimum Gasteiger partial charge on any atom is -0.453 e. The molecule has 0 aliphatic rings. The molecule has 0 atom stereocenters. The minimum absolute atomic E-state index is 0.0816. The van der Waals surface area contributed by atoms with Crippen molar-refractivity contribution in [3.05, 3.63) is 0 Å². The lowest BCUT2D eigenvalue weighted by Crippen LogP contribution is -2.33. The Labute approximate surface area is 96.6 Å². The number of nitrogens with two attached hydrogens (primary N) is 2. The van der Waals surface area contributed by atoms with Crippen molar-refractivity contribution in [3.63, 3.8) is 0 Å². The summed E-state index contributed by atoms with van der Waals surface area (Å²) < 4.78 is 4.69. The summed E-state index contributed by atoms with van der Waals surface area (Å²) in [5.74, 6) is 0.0816. The van der Waals surface area contributed by atoms with Gasteiger partial charge in [0.15, 0.2) is 5.96 Å². The van der Waals surface area contributed by atoms with Crippen molar-refractivity contribution < 1.29 is 9.53 Å². The van der Waals surface area contributed by atoms with Gasteiger partial charge in [-0.1, -0.05) is 13.3 Å². The summed E-state index contributed by atoms with van der Waals surface area (Å²) in [6.07, 6.45) is 2.45. The summed E-state index contributed by atoms with van der Waals surface area (Å²) in [6.45, 7) is 3.94. The number of methoxy groups -OCH3 is 1. The number of rotatable bonds is 7. The van der Waals surface area contributed by atoms with Crippen LogP contribution in [0.1, 0.15) is 26.2 Å². The van der Waals surface area contributed by atoms with Crippen LogP contribution in [0, 0.1) is 0 Å². The van der Waals surface area contributed by atoms with E-state index in [4.69, 9.17) is 11.5 Å². The molecule has 94 valence electrons. The van der Waals surface area contributed by atoms with E-state index in [-0.39, 0.29) is 12.1 Å². The third-order valence-corrected chi connectivity index (χ3v) is 2.09. The predicted octanol–water partition coefficient (Wildman–Crippen LogP) is 0.518. The molecule has 1 amide bonds. The highest BCUT2D eigenvalue weighted by atomic mass is 16.5. The van der Waals surface area contributed by atoms with Crippen molar-refractivity contribution in [2.75, 3.05) is 26.7 Å². The molecule has 0 bridgehead atoms. The van der Waals surface area contributed by atoms with Crippen molar-refractivity contribution >= 4 is 12.1 Å². The molecule has 0 aliphatic heterocycles. The highest BCUT2D eigenvalue weighted by molar-refractivity contribution is 5.75. The zero-order valence-electron chi connectivity index (χ0n) is 10.1. The van der Waals surface area contributed by atoms with Gasteiger partial charge < -0.3 is 21.1 Å². The first-order chi connectivity index (χ1) is 7.61. The second kappa shape index (κ2) is 8.82. The van der Waals surface area contributed by atoms with Crippen molar-refractivity contribution in [1.29, 1.82) is 0 Å². The summed E-state index contributed by atoms with van der Waals surface area (Å²) >= 11 is 0. The van der Waals surface area contributed by atoms with Crippen molar-refractivity contribution in [3.8, 4) is 0 Å². The van der Waals surface area contributed by atoms with Crippen molar-refractivity contribution in [1.82, 2.24) is 4.90 Å². The number of amides is 1. The van der Waals surface area contributed by atoms with Crippen LogP contribution in [0.5, 0.6) is 0 Å². The minimum atomic E-state index is -0.293. The molecule has 0 fully saturated rings. The molecular formula is C10H22N4O2. The van der Waals surface area contributed by atoms with Gasteiger partial charge in [-0.15, -0.1) is 0 Å². The topological polar surface area (TPSA) is 93.9 Å². The SMILES string of the molecule is CCCCN(CCCN=C(N)N)C(=O)OC. The molecule has 6 nitrogen and oxygen atoms in total. The monoisotopic (exact) mass is 230 g/mol. The zero-order valence-corrected chi connectivity index (χ0v) is 10.1. The van der Waals surface area contributed by atoms with Gasteiger partial charge >= 0.3 is 6.09 Å². The van der Waals surface area contributed by atoms with Crippen LogP contribution in [0.25, 0.3) is 0 Å². The van der Waals surface area contributed by atoms with Crippen LogP contribution in [0.15, 0.2) is 4.99 Å². The first-order valence-electron chi connectivity index (χ1n) is 5.50. The Morgan fingerprint density at radius 2 is 1.94 bits per heavy atom. The Morgan fingerprint density at radius 1 is 1.31 bits per heavy atom. The summed E-state index contributed by atoms with van der Waals surface area (Å²) in [5, 5.41) is 0. The van der Waals surface area contributed by atoms with Crippen LogP contribution in [0.2, 0.25) is 0 Å². The molecule has 0 aromatic carbocycles. The van der Waals surface area contributed by atoms with Crippen LogP contribution in [-0.4, -0.2) is 43.7 Å². The molecule has 0 heterocycles. The average molecular weight is 230 g/mol. The van der Waals surface area contributed by atoms with Gasteiger partial charge in [0.05, 0.1) is 7.11 Å². The van der Waals surface area contributed by atoms with Gasteiger partial charge in [0.25, 0.3) is 0 Å². The summed E-state index contributed by atoms with van der Waals surface area (Å²) in [6, 6.07) is 0. The van der Waals surface area contributed by atoms with Crippen LogP contribution < -0.4 is 11.5 Å². The fraction of sp³-hybridized carbons (Fsp3) is 0.800. The van der Waals surface area contributed by atoms with Crippen LogP contribution in [0.3, 0.4) is 0 Å². The lowest BCUT2D eigenvalue weighted by Gasteiger charge is -2.20.